The molecule has 0 aromatic carbocycles. The smallest absolute Gasteiger partial charge is 0.221 e. The largest absolute Gasteiger partial charge is 0.550 e. The summed E-state index contributed by atoms with van der Waals surface area (Å²) >= 11 is 0. The topological polar surface area (TPSA) is 69.6 Å². The SMILES string of the molecule is CCCCCCCCC=CCCCCCCCCO[C@](O)(CC(=O)[O-])C[N+](C)(C)C. The number of likely N-dealkylation sites (N-methyl/N-ethyl adjacent to an activating group) is 1. The summed E-state index contributed by atoms with van der Waals surface area (Å²) in [5, 5.41) is 21.4. The lowest BCUT2D eigenvalue weighted by molar-refractivity contribution is -0.881. The minimum atomic E-state index is -1.65. The van der Waals surface area contributed by atoms with Crippen molar-refractivity contribution in [3.05, 3.63) is 12.2 Å². The first-order valence-electron chi connectivity index (χ1n) is 12.2. The Hall–Kier alpha value is -0.910. The summed E-state index contributed by atoms with van der Waals surface area (Å²) in [5.74, 6) is -2.94. The molecule has 0 aliphatic rings. The molecule has 1 N–H and O–H groups in total. The molecule has 0 bridgehead atoms. The van der Waals surface area contributed by atoms with E-state index in [2.05, 4.69) is 19.1 Å². The van der Waals surface area contributed by atoms with E-state index in [4.69, 9.17) is 4.74 Å². The summed E-state index contributed by atoms with van der Waals surface area (Å²) < 4.78 is 5.97. The Bertz CT molecular complexity index is 445. The number of hydrogen-bond donors (Lipinski definition) is 1. The molecule has 0 saturated heterocycles. The Morgan fingerprint density at radius 3 is 1.80 bits per heavy atom. The lowest BCUT2D eigenvalue weighted by Gasteiger charge is -2.35. The Morgan fingerprint density at radius 1 is 0.867 bits per heavy atom. The van der Waals surface area contributed by atoms with Crippen molar-refractivity contribution in [2.24, 2.45) is 0 Å². The van der Waals surface area contributed by atoms with E-state index in [1.165, 1.54) is 70.6 Å². The highest BCUT2D eigenvalue weighted by atomic mass is 16.6. The maximum atomic E-state index is 10.9. The van der Waals surface area contributed by atoms with Crippen molar-refractivity contribution in [3.63, 3.8) is 0 Å². The van der Waals surface area contributed by atoms with Gasteiger partial charge in [-0.05, 0) is 32.1 Å². The minimum absolute atomic E-state index is 0.216. The fourth-order valence-electron chi connectivity index (χ4n) is 3.73. The summed E-state index contributed by atoms with van der Waals surface area (Å²) in [4.78, 5) is 10.9. The van der Waals surface area contributed by atoms with E-state index >= 15 is 0 Å². The van der Waals surface area contributed by atoms with Gasteiger partial charge in [0.1, 0.15) is 6.54 Å². The number of aliphatic carboxylic acids is 1. The maximum Gasteiger partial charge on any atom is 0.221 e. The van der Waals surface area contributed by atoms with E-state index in [1.807, 2.05) is 21.1 Å². The quantitative estimate of drug-likeness (QED) is 0.126. The molecule has 0 amide bonds. The van der Waals surface area contributed by atoms with Crippen molar-refractivity contribution in [2.45, 2.75) is 109 Å². The normalized spacial score (nSPS) is 14.3. The predicted octanol–water partition coefficient (Wildman–Crippen LogP) is 4.58. The third-order valence-electron chi connectivity index (χ3n) is 5.17. The third-order valence-corrected chi connectivity index (χ3v) is 5.17. The highest BCUT2D eigenvalue weighted by Crippen LogP contribution is 2.17. The highest BCUT2D eigenvalue weighted by Gasteiger charge is 2.34. The van der Waals surface area contributed by atoms with Crippen LogP contribution in [0.1, 0.15) is 103 Å². The van der Waals surface area contributed by atoms with Crippen LogP contribution in [0.3, 0.4) is 0 Å². The van der Waals surface area contributed by atoms with Crippen LogP contribution in [0.2, 0.25) is 0 Å². The number of nitrogens with zero attached hydrogens (tertiary/aromatic N) is 1. The van der Waals surface area contributed by atoms with Gasteiger partial charge < -0.3 is 24.2 Å². The molecule has 0 saturated carbocycles. The van der Waals surface area contributed by atoms with Crippen LogP contribution in [0.25, 0.3) is 0 Å². The summed E-state index contributed by atoms with van der Waals surface area (Å²) in [6.45, 7) is 2.85. The number of allylic oxidation sites excluding steroid dienone is 2. The third kappa shape index (κ3) is 20.4. The molecule has 5 heteroatoms. The van der Waals surface area contributed by atoms with Gasteiger partial charge in [0, 0.05) is 12.4 Å². The first-order valence-corrected chi connectivity index (χ1v) is 12.2. The predicted molar refractivity (Wildman–Crippen MR) is 123 cm³/mol. The number of unbranched alkanes of at least 4 members (excludes halogenated alkanes) is 12. The number of carbonyl (C=O) groups excluding carboxylic acids is 1. The van der Waals surface area contributed by atoms with Crippen molar-refractivity contribution in [1.82, 2.24) is 0 Å². The Kier molecular flexibility index (Phi) is 17.2. The van der Waals surface area contributed by atoms with Gasteiger partial charge in [-0.3, -0.25) is 0 Å². The van der Waals surface area contributed by atoms with Crippen molar-refractivity contribution in [1.29, 1.82) is 0 Å². The van der Waals surface area contributed by atoms with Gasteiger partial charge in [0.25, 0.3) is 0 Å². The number of hydrogen-bond acceptors (Lipinski definition) is 4. The molecular weight excluding hydrogens is 378 g/mol. The molecule has 0 heterocycles. The number of quaternary nitrogens is 1. The van der Waals surface area contributed by atoms with E-state index in [0.29, 0.717) is 11.1 Å². The van der Waals surface area contributed by atoms with Crippen LogP contribution in [0.5, 0.6) is 0 Å². The molecule has 0 rings (SSSR count). The number of rotatable bonds is 21. The van der Waals surface area contributed by atoms with Gasteiger partial charge in [0.2, 0.25) is 5.79 Å². The molecule has 0 aromatic rings. The number of ether oxygens (including phenoxy) is 1. The van der Waals surface area contributed by atoms with E-state index in [1.54, 1.807) is 0 Å². The molecule has 0 aliphatic heterocycles. The lowest BCUT2D eigenvalue weighted by atomic mass is 10.1. The van der Waals surface area contributed by atoms with Gasteiger partial charge in [-0.1, -0.05) is 76.9 Å². The van der Waals surface area contributed by atoms with E-state index in [-0.39, 0.29) is 6.54 Å². The Balaban J connectivity index is 3.61. The summed E-state index contributed by atoms with van der Waals surface area (Å²) in [6, 6.07) is 0. The zero-order valence-electron chi connectivity index (χ0n) is 20.3. The Labute approximate surface area is 186 Å². The number of aliphatic hydroxyl groups is 1. The molecule has 178 valence electrons. The summed E-state index contributed by atoms with van der Waals surface area (Å²) in [7, 11) is 5.69. The Morgan fingerprint density at radius 2 is 1.33 bits per heavy atom. The van der Waals surface area contributed by atoms with Gasteiger partial charge in [-0.25, -0.2) is 0 Å². The van der Waals surface area contributed by atoms with Crippen LogP contribution in [0.15, 0.2) is 12.2 Å². The minimum Gasteiger partial charge on any atom is -0.550 e. The molecule has 30 heavy (non-hydrogen) atoms. The zero-order valence-corrected chi connectivity index (χ0v) is 20.3. The van der Waals surface area contributed by atoms with Crippen LogP contribution in [-0.4, -0.2) is 55.6 Å². The summed E-state index contributed by atoms with van der Waals surface area (Å²) in [6.07, 6.45) is 21.5. The molecule has 0 unspecified atom stereocenters. The molecule has 0 aliphatic carbocycles. The van der Waals surface area contributed by atoms with Gasteiger partial charge in [-0.15, -0.1) is 0 Å². The zero-order chi connectivity index (χ0) is 22.7. The molecule has 1 atom stereocenters. The average Bonchev–Trinajstić information content (AvgIpc) is 2.62. The second kappa shape index (κ2) is 17.7. The maximum absolute atomic E-state index is 10.9. The van der Waals surface area contributed by atoms with Crippen LogP contribution < -0.4 is 5.11 Å². The van der Waals surface area contributed by atoms with Gasteiger partial charge >= 0.3 is 0 Å². The molecule has 0 spiro atoms. The van der Waals surface area contributed by atoms with Crippen LogP contribution in [0, 0.1) is 0 Å². The standard InChI is InChI=1S/C25H49NO4/c1-5-6-7-8-9-10-11-12-13-14-15-16-17-18-19-20-21-30-25(29,22-24(27)28)23-26(2,3)4/h12-13,29H,5-11,14-23H2,1-4H3/t25-/m1/s1. The molecule has 0 radical (unpaired) electrons. The monoisotopic (exact) mass is 427 g/mol. The van der Waals surface area contributed by atoms with Gasteiger partial charge in [-0.2, -0.15) is 0 Å². The van der Waals surface area contributed by atoms with Crippen LogP contribution >= 0.6 is 0 Å². The van der Waals surface area contributed by atoms with Crippen LogP contribution in [0.4, 0.5) is 0 Å². The van der Waals surface area contributed by atoms with Crippen molar-refractivity contribution >= 4 is 5.97 Å². The van der Waals surface area contributed by atoms with Crippen molar-refractivity contribution in [2.75, 3.05) is 34.3 Å². The molecule has 5 nitrogen and oxygen atoms in total. The van der Waals surface area contributed by atoms with Gasteiger partial charge in [0.15, 0.2) is 0 Å². The summed E-state index contributed by atoms with van der Waals surface area (Å²) in [5.41, 5.74) is 0. The molecular formula is C25H49NO4. The lowest BCUT2D eigenvalue weighted by Crippen LogP contribution is -2.53. The second-order valence-corrected chi connectivity index (χ2v) is 9.73. The van der Waals surface area contributed by atoms with Crippen molar-refractivity contribution < 1.29 is 24.2 Å². The van der Waals surface area contributed by atoms with Crippen LogP contribution in [-0.2, 0) is 9.53 Å². The number of carbonyl (C=O) groups is 1. The van der Waals surface area contributed by atoms with E-state index in [9.17, 15) is 15.0 Å². The van der Waals surface area contributed by atoms with E-state index < -0.39 is 18.2 Å². The molecule has 0 fully saturated rings. The van der Waals surface area contributed by atoms with Gasteiger partial charge in [0.05, 0.1) is 27.7 Å². The average molecular weight is 428 g/mol. The second-order valence-electron chi connectivity index (χ2n) is 9.73. The fraction of sp³-hybridized carbons (Fsp3) is 0.880. The first-order chi connectivity index (χ1) is 14.2. The highest BCUT2D eigenvalue weighted by molar-refractivity contribution is 5.65. The molecule has 0 aromatic heterocycles. The number of carboxylic acid groups (broad SMARTS) is 1. The fourth-order valence-corrected chi connectivity index (χ4v) is 3.73. The van der Waals surface area contributed by atoms with E-state index in [0.717, 1.165) is 19.3 Å². The first kappa shape index (κ1) is 29.1. The number of carboxylic acids is 1. The van der Waals surface area contributed by atoms with Crippen molar-refractivity contribution in [3.8, 4) is 0 Å².